The van der Waals surface area contributed by atoms with Crippen molar-refractivity contribution >= 4 is 5.91 Å². The molecule has 0 spiro atoms. The Morgan fingerprint density at radius 2 is 2.00 bits per heavy atom. The average Bonchev–Trinajstić information content (AvgIpc) is 2.97. The topological polar surface area (TPSA) is 99.8 Å². The summed E-state index contributed by atoms with van der Waals surface area (Å²) in [7, 11) is 0. The molecule has 1 aliphatic carbocycles. The Hall–Kier alpha value is -2.54. The van der Waals surface area contributed by atoms with Gasteiger partial charge in [-0.15, -0.1) is 0 Å². The van der Waals surface area contributed by atoms with Crippen molar-refractivity contribution in [1.29, 1.82) is 0 Å². The first-order valence-corrected chi connectivity index (χ1v) is 10.1. The molecule has 0 saturated heterocycles. The Kier molecular flexibility index (Phi) is 7.31. The van der Waals surface area contributed by atoms with Crippen molar-refractivity contribution < 1.29 is 4.79 Å². The van der Waals surface area contributed by atoms with Gasteiger partial charge in [0.15, 0.2) is 0 Å². The molecule has 0 radical (unpaired) electrons. The average molecular weight is 383 g/mol. The summed E-state index contributed by atoms with van der Waals surface area (Å²) in [6.45, 7) is 3.07. The maximum absolute atomic E-state index is 12.4. The van der Waals surface area contributed by atoms with Gasteiger partial charge >= 0.3 is 0 Å². The molecule has 1 saturated carbocycles. The Balaban J connectivity index is 1.50. The first-order chi connectivity index (χ1) is 13.6. The van der Waals surface area contributed by atoms with Gasteiger partial charge < -0.3 is 15.6 Å². The van der Waals surface area contributed by atoms with E-state index in [0.29, 0.717) is 29.7 Å². The third-order valence-corrected chi connectivity index (χ3v) is 5.23. The van der Waals surface area contributed by atoms with E-state index in [1.54, 1.807) is 25.4 Å². The quantitative estimate of drug-likeness (QED) is 0.502. The van der Waals surface area contributed by atoms with Crippen LogP contribution >= 0.6 is 0 Å². The van der Waals surface area contributed by atoms with E-state index in [-0.39, 0.29) is 17.9 Å². The number of pyridine rings is 1. The monoisotopic (exact) mass is 383 g/mol. The SMILES string of the molecule is Cc1nc(-c2cccnc2)[nH]c(=O)c1CC(=O)NCCNC1CCCCCC1. The van der Waals surface area contributed by atoms with Gasteiger partial charge in [-0.05, 0) is 31.9 Å². The minimum Gasteiger partial charge on any atom is -0.355 e. The Labute approximate surface area is 165 Å². The number of carbonyl (C=O) groups excluding carboxylic acids is 1. The third-order valence-electron chi connectivity index (χ3n) is 5.23. The molecule has 0 aliphatic heterocycles. The first-order valence-electron chi connectivity index (χ1n) is 10.1. The number of aromatic nitrogens is 3. The number of H-pyrrole nitrogens is 1. The van der Waals surface area contributed by atoms with Crippen molar-refractivity contribution in [3.05, 3.63) is 46.1 Å². The first kappa shape index (κ1) is 20.2. The molecule has 1 aliphatic rings. The van der Waals surface area contributed by atoms with E-state index in [0.717, 1.165) is 12.1 Å². The highest BCUT2D eigenvalue weighted by Crippen LogP contribution is 2.17. The second-order valence-corrected chi connectivity index (χ2v) is 7.39. The van der Waals surface area contributed by atoms with Gasteiger partial charge in [0.1, 0.15) is 5.82 Å². The van der Waals surface area contributed by atoms with Gasteiger partial charge in [0.25, 0.3) is 5.56 Å². The van der Waals surface area contributed by atoms with E-state index in [2.05, 4.69) is 25.6 Å². The van der Waals surface area contributed by atoms with E-state index >= 15 is 0 Å². The van der Waals surface area contributed by atoms with Crippen molar-refractivity contribution in [2.75, 3.05) is 13.1 Å². The smallest absolute Gasteiger partial charge is 0.255 e. The number of rotatable bonds is 7. The number of aromatic amines is 1. The van der Waals surface area contributed by atoms with E-state index in [1.807, 2.05) is 6.07 Å². The molecule has 2 aromatic heterocycles. The lowest BCUT2D eigenvalue weighted by atomic mass is 10.1. The number of hydrogen-bond acceptors (Lipinski definition) is 5. The molecule has 0 aromatic carbocycles. The zero-order valence-electron chi connectivity index (χ0n) is 16.5. The summed E-state index contributed by atoms with van der Waals surface area (Å²) in [4.78, 5) is 35.9. The van der Waals surface area contributed by atoms with Crippen LogP contribution in [0.5, 0.6) is 0 Å². The molecule has 0 atom stereocenters. The summed E-state index contributed by atoms with van der Waals surface area (Å²) in [5.74, 6) is 0.305. The number of nitrogens with zero attached hydrogens (tertiary/aromatic N) is 2. The van der Waals surface area contributed by atoms with Gasteiger partial charge in [-0.1, -0.05) is 25.7 Å². The molecular weight excluding hydrogens is 354 g/mol. The number of hydrogen-bond donors (Lipinski definition) is 3. The molecule has 3 N–H and O–H groups in total. The van der Waals surface area contributed by atoms with Crippen LogP contribution in [0.2, 0.25) is 0 Å². The fourth-order valence-corrected chi connectivity index (χ4v) is 3.64. The fraction of sp³-hybridized carbons (Fsp3) is 0.524. The number of aryl methyl sites for hydroxylation is 1. The van der Waals surface area contributed by atoms with Crippen molar-refractivity contribution in [3.8, 4) is 11.4 Å². The second kappa shape index (κ2) is 10.1. The van der Waals surface area contributed by atoms with Crippen LogP contribution in [0.1, 0.15) is 49.8 Å². The van der Waals surface area contributed by atoms with Crippen LogP contribution < -0.4 is 16.2 Å². The highest BCUT2D eigenvalue weighted by atomic mass is 16.2. The van der Waals surface area contributed by atoms with Crippen LogP contribution in [0.3, 0.4) is 0 Å². The van der Waals surface area contributed by atoms with Gasteiger partial charge in [0.2, 0.25) is 5.91 Å². The zero-order chi connectivity index (χ0) is 19.8. The number of nitrogens with one attached hydrogen (secondary N) is 3. The molecule has 28 heavy (non-hydrogen) atoms. The molecule has 1 amide bonds. The molecule has 0 bridgehead atoms. The van der Waals surface area contributed by atoms with Gasteiger partial charge in [-0.3, -0.25) is 14.6 Å². The van der Waals surface area contributed by atoms with E-state index in [1.165, 1.54) is 38.5 Å². The number of amides is 1. The number of carbonyl (C=O) groups is 1. The molecule has 2 heterocycles. The summed E-state index contributed by atoms with van der Waals surface area (Å²) >= 11 is 0. The van der Waals surface area contributed by atoms with Crippen LogP contribution in [-0.2, 0) is 11.2 Å². The van der Waals surface area contributed by atoms with Crippen molar-refractivity contribution in [2.45, 2.75) is 57.9 Å². The van der Waals surface area contributed by atoms with Crippen LogP contribution in [0.4, 0.5) is 0 Å². The second-order valence-electron chi connectivity index (χ2n) is 7.39. The highest BCUT2D eigenvalue weighted by molar-refractivity contribution is 5.78. The van der Waals surface area contributed by atoms with Crippen LogP contribution in [0.25, 0.3) is 11.4 Å². The third kappa shape index (κ3) is 5.73. The Morgan fingerprint density at radius 1 is 1.21 bits per heavy atom. The lowest BCUT2D eigenvalue weighted by molar-refractivity contribution is -0.120. The molecule has 3 rings (SSSR count). The molecule has 0 unspecified atom stereocenters. The minimum absolute atomic E-state index is 0.0327. The van der Waals surface area contributed by atoms with E-state index in [4.69, 9.17) is 0 Å². The van der Waals surface area contributed by atoms with Crippen LogP contribution in [0.15, 0.2) is 29.3 Å². The van der Waals surface area contributed by atoms with Crippen molar-refractivity contribution in [2.24, 2.45) is 0 Å². The summed E-state index contributed by atoms with van der Waals surface area (Å²) in [6, 6.07) is 4.18. The minimum atomic E-state index is -0.280. The lowest BCUT2D eigenvalue weighted by Gasteiger charge is -2.16. The maximum atomic E-state index is 12.4. The largest absolute Gasteiger partial charge is 0.355 e. The van der Waals surface area contributed by atoms with E-state index < -0.39 is 0 Å². The molecule has 2 aromatic rings. The molecule has 7 heteroatoms. The molecule has 1 fully saturated rings. The van der Waals surface area contributed by atoms with Gasteiger partial charge in [-0.2, -0.15) is 0 Å². The zero-order valence-corrected chi connectivity index (χ0v) is 16.5. The summed E-state index contributed by atoms with van der Waals surface area (Å²) in [6.07, 6.45) is 11.0. The van der Waals surface area contributed by atoms with E-state index in [9.17, 15) is 9.59 Å². The predicted molar refractivity (Wildman–Crippen MR) is 109 cm³/mol. The highest BCUT2D eigenvalue weighted by Gasteiger charge is 2.14. The van der Waals surface area contributed by atoms with Crippen LogP contribution in [0, 0.1) is 6.92 Å². The Bertz CT molecular complexity index is 826. The van der Waals surface area contributed by atoms with Crippen LogP contribution in [-0.4, -0.2) is 40.0 Å². The summed E-state index contributed by atoms with van der Waals surface area (Å²) < 4.78 is 0. The normalized spacial score (nSPS) is 15.2. The maximum Gasteiger partial charge on any atom is 0.255 e. The molecular formula is C21H29N5O2. The van der Waals surface area contributed by atoms with Gasteiger partial charge in [-0.25, -0.2) is 4.98 Å². The van der Waals surface area contributed by atoms with Crippen molar-refractivity contribution in [3.63, 3.8) is 0 Å². The fourth-order valence-electron chi connectivity index (χ4n) is 3.64. The standard InChI is InChI=1S/C21H29N5O2/c1-15-18(21(28)26-20(25-15)16-7-6-10-22-14-16)13-19(27)24-12-11-23-17-8-4-2-3-5-9-17/h6-7,10,14,17,23H,2-5,8-9,11-13H2,1H3,(H,24,27)(H,25,26,28). The lowest BCUT2D eigenvalue weighted by Crippen LogP contribution is -2.38. The molecule has 150 valence electrons. The van der Waals surface area contributed by atoms with Gasteiger partial charge in [0.05, 0.1) is 6.42 Å². The molecule has 7 nitrogen and oxygen atoms in total. The van der Waals surface area contributed by atoms with Crippen molar-refractivity contribution in [1.82, 2.24) is 25.6 Å². The van der Waals surface area contributed by atoms with Gasteiger partial charge in [0, 0.05) is 48.3 Å². The summed E-state index contributed by atoms with van der Waals surface area (Å²) in [5, 5.41) is 6.42. The predicted octanol–water partition coefficient (Wildman–Crippen LogP) is 2.11. The Morgan fingerprint density at radius 3 is 2.68 bits per heavy atom. The summed E-state index contributed by atoms with van der Waals surface area (Å²) in [5.41, 5.74) is 1.43.